The fourth-order valence-corrected chi connectivity index (χ4v) is 5.79. The highest BCUT2D eigenvalue weighted by Crippen LogP contribution is 2.47. The van der Waals surface area contributed by atoms with Gasteiger partial charge in [-0.2, -0.15) is 0 Å². The predicted molar refractivity (Wildman–Crippen MR) is 129 cm³/mol. The SMILES string of the molecule is Cc1cc(C(C2=CCC=C2)(c2ccccc2)c2ccccc2)cc([Si](C)(C)C)c1. The summed E-state index contributed by atoms with van der Waals surface area (Å²) < 4.78 is 0. The maximum absolute atomic E-state index is 2.49. The zero-order valence-corrected chi connectivity index (χ0v) is 18.9. The van der Waals surface area contributed by atoms with E-state index in [0.29, 0.717) is 0 Å². The highest BCUT2D eigenvalue weighted by molar-refractivity contribution is 6.88. The van der Waals surface area contributed by atoms with E-state index in [1.54, 1.807) is 0 Å². The van der Waals surface area contributed by atoms with Gasteiger partial charge in [-0.05, 0) is 35.6 Å². The standard InChI is InChI=1S/C28H30Si/c1-22-19-26(21-27(20-22)29(2,3)4)28(25-17-11-12-18-25,23-13-7-5-8-14-23)24-15-9-6-10-16-24/h5-11,13-21H,12H2,1-4H3. The summed E-state index contributed by atoms with van der Waals surface area (Å²) in [6, 6.07) is 29.3. The molecule has 0 bridgehead atoms. The van der Waals surface area contributed by atoms with Crippen LogP contribution >= 0.6 is 0 Å². The van der Waals surface area contributed by atoms with Crippen molar-refractivity contribution in [3.8, 4) is 0 Å². The number of allylic oxidation sites excluding steroid dienone is 4. The molecular weight excluding hydrogens is 364 g/mol. The van der Waals surface area contributed by atoms with Crippen LogP contribution in [0.2, 0.25) is 19.6 Å². The molecule has 0 amide bonds. The number of rotatable bonds is 5. The van der Waals surface area contributed by atoms with Gasteiger partial charge in [-0.1, -0.05) is 127 Å². The Kier molecular flexibility index (Phi) is 5.18. The molecule has 0 fully saturated rings. The zero-order chi connectivity index (χ0) is 20.5. The molecule has 1 aliphatic rings. The lowest BCUT2D eigenvalue weighted by Crippen LogP contribution is -2.40. The normalized spacial score (nSPS) is 14.1. The van der Waals surface area contributed by atoms with Gasteiger partial charge in [0.15, 0.2) is 0 Å². The van der Waals surface area contributed by atoms with Crippen molar-refractivity contribution in [1.82, 2.24) is 0 Å². The topological polar surface area (TPSA) is 0 Å². The Balaban J connectivity index is 2.12. The first-order valence-electron chi connectivity index (χ1n) is 10.5. The molecule has 4 rings (SSSR count). The number of benzene rings is 3. The molecule has 1 aliphatic carbocycles. The lowest BCUT2D eigenvalue weighted by atomic mass is 9.64. The van der Waals surface area contributed by atoms with Crippen LogP contribution in [0.25, 0.3) is 0 Å². The minimum atomic E-state index is -1.45. The summed E-state index contributed by atoms with van der Waals surface area (Å²) in [5.41, 5.74) is 6.47. The molecule has 0 spiro atoms. The van der Waals surface area contributed by atoms with Gasteiger partial charge in [0.05, 0.1) is 13.5 Å². The molecule has 0 atom stereocenters. The molecule has 3 aromatic rings. The van der Waals surface area contributed by atoms with Crippen LogP contribution in [0.4, 0.5) is 0 Å². The summed E-state index contributed by atoms with van der Waals surface area (Å²) in [5, 5.41) is 1.52. The van der Waals surface area contributed by atoms with Crippen LogP contribution in [0.3, 0.4) is 0 Å². The fraction of sp³-hybridized carbons (Fsp3) is 0.214. The van der Waals surface area contributed by atoms with Gasteiger partial charge < -0.3 is 0 Å². The molecular formula is C28H30Si. The maximum Gasteiger partial charge on any atom is 0.0776 e. The van der Waals surface area contributed by atoms with E-state index in [2.05, 4.69) is 124 Å². The van der Waals surface area contributed by atoms with E-state index in [9.17, 15) is 0 Å². The van der Waals surface area contributed by atoms with Gasteiger partial charge in [-0.15, -0.1) is 0 Å². The van der Waals surface area contributed by atoms with Crippen molar-refractivity contribution in [1.29, 1.82) is 0 Å². The van der Waals surface area contributed by atoms with Crippen LogP contribution in [0.1, 0.15) is 28.7 Å². The Hall–Kier alpha value is -2.64. The summed E-state index contributed by atoms with van der Waals surface area (Å²) >= 11 is 0. The fourth-order valence-electron chi connectivity index (χ4n) is 4.55. The second kappa shape index (κ2) is 7.65. The van der Waals surface area contributed by atoms with Crippen molar-refractivity contribution in [2.75, 3.05) is 0 Å². The lowest BCUT2D eigenvalue weighted by Gasteiger charge is -2.38. The van der Waals surface area contributed by atoms with Gasteiger partial charge in [0.1, 0.15) is 0 Å². The van der Waals surface area contributed by atoms with Gasteiger partial charge in [0, 0.05) is 0 Å². The van der Waals surface area contributed by atoms with E-state index in [-0.39, 0.29) is 5.41 Å². The smallest absolute Gasteiger partial charge is 0.0776 e. The number of aryl methyl sites for hydroxylation is 1. The molecule has 1 heteroatoms. The van der Waals surface area contributed by atoms with E-state index in [4.69, 9.17) is 0 Å². The summed E-state index contributed by atoms with van der Waals surface area (Å²) in [6.45, 7) is 9.56. The van der Waals surface area contributed by atoms with Crippen LogP contribution in [0.15, 0.2) is 103 Å². The van der Waals surface area contributed by atoms with Gasteiger partial charge in [0.25, 0.3) is 0 Å². The minimum Gasteiger partial charge on any atom is -0.0804 e. The van der Waals surface area contributed by atoms with E-state index in [1.165, 1.54) is 33.0 Å². The summed E-state index contributed by atoms with van der Waals surface area (Å²) in [6.07, 6.45) is 8.02. The quantitative estimate of drug-likeness (QED) is 0.331. The van der Waals surface area contributed by atoms with Crippen molar-refractivity contribution >= 4 is 13.3 Å². The summed E-state index contributed by atoms with van der Waals surface area (Å²) in [7, 11) is -1.45. The van der Waals surface area contributed by atoms with Crippen LogP contribution < -0.4 is 5.19 Å². The first-order valence-corrected chi connectivity index (χ1v) is 14.0. The molecule has 0 saturated carbocycles. The van der Waals surface area contributed by atoms with Gasteiger partial charge >= 0.3 is 0 Å². The molecule has 146 valence electrons. The molecule has 0 aromatic heterocycles. The maximum atomic E-state index is 2.49. The molecule has 0 aliphatic heterocycles. The van der Waals surface area contributed by atoms with Crippen molar-refractivity contribution in [3.05, 3.63) is 125 Å². The van der Waals surface area contributed by atoms with Crippen LogP contribution in [-0.2, 0) is 5.41 Å². The van der Waals surface area contributed by atoms with E-state index >= 15 is 0 Å². The second-order valence-electron chi connectivity index (χ2n) is 9.12. The van der Waals surface area contributed by atoms with Gasteiger partial charge in [0.2, 0.25) is 0 Å². The second-order valence-corrected chi connectivity index (χ2v) is 14.2. The predicted octanol–water partition coefficient (Wildman–Crippen LogP) is 6.76. The Morgan fingerprint density at radius 2 is 1.31 bits per heavy atom. The first-order chi connectivity index (χ1) is 13.9. The minimum absolute atomic E-state index is 0.296. The Morgan fingerprint density at radius 3 is 1.79 bits per heavy atom. The number of hydrogen-bond acceptors (Lipinski definition) is 0. The van der Waals surface area contributed by atoms with E-state index < -0.39 is 8.07 Å². The van der Waals surface area contributed by atoms with Crippen molar-refractivity contribution < 1.29 is 0 Å². The first kappa shape index (κ1) is 19.7. The Labute approximate surface area is 176 Å². The lowest BCUT2D eigenvalue weighted by molar-refractivity contribution is 0.744. The van der Waals surface area contributed by atoms with Gasteiger partial charge in [-0.25, -0.2) is 0 Å². The Morgan fingerprint density at radius 1 is 0.724 bits per heavy atom. The van der Waals surface area contributed by atoms with E-state index in [0.717, 1.165) is 6.42 Å². The third kappa shape index (κ3) is 3.56. The average molecular weight is 395 g/mol. The summed E-state index contributed by atoms with van der Waals surface area (Å²) in [4.78, 5) is 0. The molecule has 0 unspecified atom stereocenters. The molecule has 0 heterocycles. The van der Waals surface area contributed by atoms with Crippen molar-refractivity contribution in [2.45, 2.75) is 38.4 Å². The molecule has 0 N–H and O–H groups in total. The monoisotopic (exact) mass is 394 g/mol. The molecule has 0 saturated heterocycles. The largest absolute Gasteiger partial charge is 0.0804 e. The highest BCUT2D eigenvalue weighted by atomic mass is 28.3. The molecule has 29 heavy (non-hydrogen) atoms. The average Bonchev–Trinajstić information content (AvgIpc) is 3.24. The number of hydrogen-bond donors (Lipinski definition) is 0. The summed E-state index contributed by atoms with van der Waals surface area (Å²) in [5.74, 6) is 0. The third-order valence-electron chi connectivity index (χ3n) is 5.99. The highest BCUT2D eigenvalue weighted by Gasteiger charge is 2.40. The van der Waals surface area contributed by atoms with Crippen molar-refractivity contribution in [2.24, 2.45) is 0 Å². The molecule has 0 nitrogen and oxygen atoms in total. The third-order valence-corrected chi connectivity index (χ3v) is 8.01. The Bertz CT molecular complexity index is 1010. The molecule has 0 radical (unpaired) electrons. The van der Waals surface area contributed by atoms with Crippen molar-refractivity contribution in [3.63, 3.8) is 0 Å². The van der Waals surface area contributed by atoms with Crippen LogP contribution in [0, 0.1) is 6.92 Å². The van der Waals surface area contributed by atoms with Crippen LogP contribution in [0.5, 0.6) is 0 Å². The van der Waals surface area contributed by atoms with Gasteiger partial charge in [-0.3, -0.25) is 0 Å². The zero-order valence-electron chi connectivity index (χ0n) is 17.9. The van der Waals surface area contributed by atoms with Crippen LogP contribution in [-0.4, -0.2) is 8.07 Å². The van der Waals surface area contributed by atoms with E-state index in [1.807, 2.05) is 0 Å². The molecule has 3 aromatic carbocycles.